The highest BCUT2D eigenvalue weighted by Gasteiger charge is 2.38. The minimum Gasteiger partial charge on any atom is -0.324 e. The Morgan fingerprint density at radius 1 is 1.25 bits per heavy atom. The summed E-state index contributed by atoms with van der Waals surface area (Å²) < 4.78 is 1.70. The first-order valence-electron chi connectivity index (χ1n) is 9.75. The average Bonchev–Trinajstić information content (AvgIpc) is 3.14. The van der Waals surface area contributed by atoms with Crippen LogP contribution in [0.4, 0.5) is 5.69 Å². The lowest BCUT2D eigenvalue weighted by atomic mass is 9.81. The number of aliphatic imine (C=N–C) groups is 1. The number of nitriles is 1. The van der Waals surface area contributed by atoms with Crippen molar-refractivity contribution in [1.82, 2.24) is 0 Å². The van der Waals surface area contributed by atoms with Gasteiger partial charge in [0, 0.05) is 31.0 Å². The number of benzene rings is 1. The van der Waals surface area contributed by atoms with E-state index < -0.39 is 5.92 Å². The van der Waals surface area contributed by atoms with E-state index in [-0.39, 0.29) is 23.4 Å². The number of Topliss-reactive ketones (excluding diaryl/α,β-unsaturated/α-hetero) is 1. The molecule has 0 aliphatic carbocycles. The molecule has 0 radical (unpaired) electrons. The third kappa shape index (κ3) is 5.42. The number of halogens is 2. The number of thiophene rings is 1. The highest BCUT2D eigenvalue weighted by atomic mass is 79.9. The summed E-state index contributed by atoms with van der Waals surface area (Å²) in [4.78, 5) is 30.6. The van der Waals surface area contributed by atoms with E-state index in [0.29, 0.717) is 22.0 Å². The Bertz CT molecular complexity index is 1170. The van der Waals surface area contributed by atoms with E-state index >= 15 is 0 Å². The van der Waals surface area contributed by atoms with Gasteiger partial charge in [-0.05, 0) is 78.3 Å². The van der Waals surface area contributed by atoms with Gasteiger partial charge in [-0.3, -0.25) is 9.59 Å². The fraction of sp³-hybridized carbons (Fsp3) is 0.304. The normalized spacial score (nSPS) is 18.2. The molecule has 0 saturated heterocycles. The van der Waals surface area contributed by atoms with Crippen LogP contribution in [0.2, 0.25) is 0 Å². The van der Waals surface area contributed by atoms with Gasteiger partial charge in [0.25, 0.3) is 0 Å². The van der Waals surface area contributed by atoms with E-state index in [1.54, 1.807) is 18.3 Å². The second-order valence-corrected chi connectivity index (χ2v) is 11.2. The number of carbonyl (C=O) groups excluding carboxylic acids is 2. The molecule has 166 valence electrons. The molecule has 5 nitrogen and oxygen atoms in total. The quantitative estimate of drug-likeness (QED) is 0.414. The van der Waals surface area contributed by atoms with Gasteiger partial charge in [0.15, 0.2) is 5.78 Å². The maximum absolute atomic E-state index is 12.7. The standard InChI is InChI=1S/C23H21Br2N3O2S2/c1-11-5-18(31-9-11)21-16(8-26)23(27-13(3)20(21)14(4)29)32-10-19(30)28-22-12(2)6-15(24)7-17(22)25/h5-7,9,16,21H,10H2,1-4H3,(H,28,30). The van der Waals surface area contributed by atoms with Crippen LogP contribution in [0.1, 0.15) is 35.8 Å². The van der Waals surface area contributed by atoms with Crippen molar-refractivity contribution < 1.29 is 9.59 Å². The summed E-state index contributed by atoms with van der Waals surface area (Å²) in [6, 6.07) is 8.16. The molecule has 0 saturated carbocycles. The van der Waals surface area contributed by atoms with Crippen molar-refractivity contribution in [2.45, 2.75) is 33.6 Å². The van der Waals surface area contributed by atoms with Crippen LogP contribution in [0.25, 0.3) is 0 Å². The zero-order valence-corrected chi connectivity index (χ0v) is 22.8. The Morgan fingerprint density at radius 3 is 2.53 bits per heavy atom. The number of nitrogens with one attached hydrogen (secondary N) is 1. The Morgan fingerprint density at radius 2 is 1.97 bits per heavy atom. The summed E-state index contributed by atoms with van der Waals surface area (Å²) in [5, 5.41) is 15.5. The number of hydrogen-bond acceptors (Lipinski definition) is 6. The summed E-state index contributed by atoms with van der Waals surface area (Å²) >= 11 is 9.71. The van der Waals surface area contributed by atoms with Gasteiger partial charge in [-0.2, -0.15) is 5.26 Å². The highest BCUT2D eigenvalue weighted by molar-refractivity contribution is 9.11. The zero-order valence-electron chi connectivity index (χ0n) is 18.0. The van der Waals surface area contributed by atoms with Gasteiger partial charge in [-0.1, -0.05) is 27.7 Å². The fourth-order valence-electron chi connectivity index (χ4n) is 3.65. The first-order valence-corrected chi connectivity index (χ1v) is 13.2. The van der Waals surface area contributed by atoms with Crippen LogP contribution in [-0.4, -0.2) is 22.5 Å². The number of nitrogens with zero attached hydrogens (tertiary/aromatic N) is 2. The van der Waals surface area contributed by atoms with Crippen molar-refractivity contribution in [1.29, 1.82) is 5.26 Å². The Kier molecular flexibility index (Phi) is 8.15. The monoisotopic (exact) mass is 593 g/mol. The van der Waals surface area contributed by atoms with E-state index in [4.69, 9.17) is 0 Å². The second-order valence-electron chi connectivity index (χ2n) is 7.53. The predicted molar refractivity (Wildman–Crippen MR) is 139 cm³/mol. The first-order chi connectivity index (χ1) is 15.1. The van der Waals surface area contributed by atoms with Gasteiger partial charge < -0.3 is 5.32 Å². The number of aryl methyl sites for hydroxylation is 2. The number of ketones is 1. The summed E-state index contributed by atoms with van der Waals surface area (Å²) in [7, 11) is 0. The molecule has 32 heavy (non-hydrogen) atoms. The van der Waals surface area contributed by atoms with Crippen molar-refractivity contribution in [2.24, 2.45) is 10.9 Å². The van der Waals surface area contributed by atoms with Crippen LogP contribution in [0.5, 0.6) is 0 Å². The molecule has 9 heteroatoms. The largest absolute Gasteiger partial charge is 0.324 e. The number of allylic oxidation sites excluding steroid dienone is 2. The Labute approximate surface area is 212 Å². The van der Waals surface area contributed by atoms with Crippen LogP contribution in [0, 0.1) is 31.1 Å². The molecule has 2 unspecified atom stereocenters. The van der Waals surface area contributed by atoms with E-state index in [1.165, 1.54) is 18.7 Å². The Balaban J connectivity index is 1.84. The van der Waals surface area contributed by atoms with Crippen LogP contribution >= 0.6 is 55.0 Å². The maximum Gasteiger partial charge on any atom is 0.234 e. The van der Waals surface area contributed by atoms with Gasteiger partial charge in [-0.25, -0.2) is 4.99 Å². The molecular formula is C23H21Br2N3O2S2. The van der Waals surface area contributed by atoms with Crippen LogP contribution in [-0.2, 0) is 9.59 Å². The molecule has 0 spiro atoms. The number of amides is 1. The zero-order chi connectivity index (χ0) is 23.6. The topological polar surface area (TPSA) is 82.3 Å². The number of thioether (sulfide) groups is 1. The van der Waals surface area contributed by atoms with Crippen molar-refractivity contribution in [2.75, 3.05) is 11.1 Å². The second kappa shape index (κ2) is 10.5. The van der Waals surface area contributed by atoms with Crippen LogP contribution in [0.3, 0.4) is 0 Å². The third-order valence-electron chi connectivity index (χ3n) is 5.02. The minimum absolute atomic E-state index is 0.0834. The molecule has 1 aromatic carbocycles. The van der Waals surface area contributed by atoms with Crippen molar-refractivity contribution >= 4 is 77.4 Å². The van der Waals surface area contributed by atoms with Crippen LogP contribution < -0.4 is 5.32 Å². The number of anilines is 1. The molecule has 1 aliphatic rings. The molecule has 2 aromatic rings. The van der Waals surface area contributed by atoms with Crippen molar-refractivity contribution in [3.63, 3.8) is 0 Å². The molecular weight excluding hydrogens is 574 g/mol. The molecule has 2 heterocycles. The molecule has 3 rings (SSSR count). The van der Waals surface area contributed by atoms with Crippen molar-refractivity contribution in [3.05, 3.63) is 59.8 Å². The molecule has 1 amide bonds. The molecule has 0 fully saturated rings. The van der Waals surface area contributed by atoms with E-state index in [1.807, 2.05) is 37.4 Å². The summed E-state index contributed by atoms with van der Waals surface area (Å²) in [6.07, 6.45) is 0. The molecule has 0 bridgehead atoms. The highest BCUT2D eigenvalue weighted by Crippen LogP contribution is 2.43. The number of carbonyl (C=O) groups is 2. The van der Waals surface area contributed by atoms with Gasteiger partial charge in [0.1, 0.15) is 5.92 Å². The van der Waals surface area contributed by atoms with E-state index in [2.05, 4.69) is 48.2 Å². The smallest absolute Gasteiger partial charge is 0.234 e. The summed E-state index contributed by atoms with van der Waals surface area (Å²) in [5.41, 5.74) is 3.90. The lowest BCUT2D eigenvalue weighted by Gasteiger charge is -2.28. The molecule has 2 atom stereocenters. The van der Waals surface area contributed by atoms with Crippen LogP contribution in [0.15, 0.2) is 48.8 Å². The van der Waals surface area contributed by atoms with E-state index in [9.17, 15) is 14.9 Å². The van der Waals surface area contributed by atoms with Gasteiger partial charge in [-0.15, -0.1) is 11.3 Å². The first kappa shape index (κ1) is 24.9. The average molecular weight is 595 g/mol. The maximum atomic E-state index is 12.7. The summed E-state index contributed by atoms with van der Waals surface area (Å²) in [6.45, 7) is 7.21. The van der Waals surface area contributed by atoms with Gasteiger partial charge in [0.2, 0.25) is 5.91 Å². The number of hydrogen-bond donors (Lipinski definition) is 1. The number of rotatable bonds is 5. The molecule has 1 aromatic heterocycles. The third-order valence-corrected chi connectivity index (χ3v) is 8.29. The van der Waals surface area contributed by atoms with Crippen molar-refractivity contribution in [3.8, 4) is 6.07 Å². The van der Waals surface area contributed by atoms with Gasteiger partial charge >= 0.3 is 0 Å². The SMILES string of the molecule is CC(=O)C1=C(C)N=C(SCC(=O)Nc2c(C)cc(Br)cc2Br)C(C#N)C1c1cc(C)cs1. The lowest BCUT2D eigenvalue weighted by molar-refractivity contribution is -0.114. The molecule has 1 N–H and O–H groups in total. The minimum atomic E-state index is -0.616. The Hall–Kier alpha value is -1.73. The predicted octanol–water partition coefficient (Wildman–Crippen LogP) is 6.76. The lowest BCUT2D eigenvalue weighted by Crippen LogP contribution is -2.28. The fourth-order valence-corrected chi connectivity index (χ4v) is 7.16. The summed E-state index contributed by atoms with van der Waals surface area (Å²) in [5.74, 6) is -1.16. The molecule has 1 aliphatic heterocycles. The van der Waals surface area contributed by atoms with Gasteiger partial charge in [0.05, 0.1) is 22.6 Å². The van der Waals surface area contributed by atoms with E-state index in [0.717, 1.165) is 24.9 Å².